The van der Waals surface area contributed by atoms with Gasteiger partial charge >= 0.3 is 0 Å². The van der Waals surface area contributed by atoms with Gasteiger partial charge in [-0.15, -0.1) is 0 Å². The van der Waals surface area contributed by atoms with E-state index in [1.165, 1.54) is 0 Å². The number of rotatable bonds is 3. The van der Waals surface area contributed by atoms with Gasteiger partial charge in [0.15, 0.2) is 0 Å². The van der Waals surface area contributed by atoms with Crippen LogP contribution in [-0.2, 0) is 6.54 Å². The van der Waals surface area contributed by atoms with E-state index in [2.05, 4.69) is 10.4 Å². The summed E-state index contributed by atoms with van der Waals surface area (Å²) in [4.78, 5) is 0. The van der Waals surface area contributed by atoms with Gasteiger partial charge in [0.2, 0.25) is 0 Å². The first-order chi connectivity index (χ1) is 7.70. The van der Waals surface area contributed by atoms with Crippen molar-refractivity contribution in [3.05, 3.63) is 46.2 Å². The maximum absolute atomic E-state index is 5.98. The molecule has 0 spiro atoms. The molecule has 0 atom stereocenters. The molecular formula is C11H11Cl2N3. The molecule has 1 N–H and O–H groups in total. The summed E-state index contributed by atoms with van der Waals surface area (Å²) >= 11 is 11.8. The largest absolute Gasteiger partial charge is 0.316 e. The standard InChI is InChI=1S/C11H11Cl2N3/c1-14-5-8-2-3-9(12)4-11(8)16-7-10(13)6-15-16/h2-4,6-7,14H,5H2,1H3. The average Bonchev–Trinajstić information content (AvgIpc) is 2.68. The van der Waals surface area contributed by atoms with E-state index in [9.17, 15) is 0 Å². The number of benzene rings is 1. The predicted molar refractivity (Wildman–Crippen MR) is 66.3 cm³/mol. The zero-order chi connectivity index (χ0) is 11.5. The molecule has 0 radical (unpaired) electrons. The van der Waals surface area contributed by atoms with Gasteiger partial charge in [0.05, 0.1) is 16.9 Å². The number of hydrogen-bond acceptors (Lipinski definition) is 2. The lowest BCUT2D eigenvalue weighted by Gasteiger charge is -2.09. The van der Waals surface area contributed by atoms with Gasteiger partial charge in [-0.25, -0.2) is 4.68 Å². The minimum atomic E-state index is 0.607. The van der Waals surface area contributed by atoms with Crippen molar-refractivity contribution in [2.45, 2.75) is 6.54 Å². The molecule has 84 valence electrons. The molecule has 0 aliphatic carbocycles. The Morgan fingerprint density at radius 2 is 2.12 bits per heavy atom. The highest BCUT2D eigenvalue weighted by Gasteiger charge is 2.06. The molecule has 0 bridgehead atoms. The van der Waals surface area contributed by atoms with E-state index in [0.29, 0.717) is 10.0 Å². The van der Waals surface area contributed by atoms with Crippen molar-refractivity contribution in [3.8, 4) is 5.69 Å². The summed E-state index contributed by atoms with van der Waals surface area (Å²) in [6, 6.07) is 5.71. The maximum Gasteiger partial charge on any atom is 0.0790 e. The summed E-state index contributed by atoms with van der Waals surface area (Å²) in [5, 5.41) is 8.56. The summed E-state index contributed by atoms with van der Waals surface area (Å²) < 4.78 is 1.72. The lowest BCUT2D eigenvalue weighted by molar-refractivity contribution is 0.789. The molecule has 0 amide bonds. The Kier molecular flexibility index (Phi) is 3.49. The van der Waals surface area contributed by atoms with Crippen LogP contribution in [0.3, 0.4) is 0 Å². The first-order valence-corrected chi connectivity index (χ1v) is 5.60. The van der Waals surface area contributed by atoms with Crippen LogP contribution in [0, 0.1) is 0 Å². The Hall–Kier alpha value is -1.03. The SMILES string of the molecule is CNCc1ccc(Cl)cc1-n1cc(Cl)cn1. The molecule has 3 nitrogen and oxygen atoms in total. The van der Waals surface area contributed by atoms with E-state index in [1.54, 1.807) is 17.1 Å². The third-order valence-corrected chi connectivity index (χ3v) is 2.64. The second-order valence-corrected chi connectivity index (χ2v) is 4.28. The predicted octanol–water partition coefficient (Wildman–Crippen LogP) is 2.90. The maximum atomic E-state index is 5.98. The minimum Gasteiger partial charge on any atom is -0.316 e. The van der Waals surface area contributed by atoms with Gasteiger partial charge in [-0.2, -0.15) is 5.10 Å². The van der Waals surface area contributed by atoms with Gasteiger partial charge in [-0.3, -0.25) is 0 Å². The molecule has 0 saturated carbocycles. The summed E-state index contributed by atoms with van der Waals surface area (Å²) in [5.41, 5.74) is 2.06. The van der Waals surface area contributed by atoms with Crippen molar-refractivity contribution in [1.29, 1.82) is 0 Å². The van der Waals surface area contributed by atoms with Crippen LogP contribution in [0.4, 0.5) is 0 Å². The van der Waals surface area contributed by atoms with Gasteiger partial charge in [0, 0.05) is 17.8 Å². The van der Waals surface area contributed by atoms with Crippen molar-refractivity contribution in [2.75, 3.05) is 7.05 Å². The summed E-state index contributed by atoms with van der Waals surface area (Å²) in [7, 11) is 1.90. The summed E-state index contributed by atoms with van der Waals surface area (Å²) in [5.74, 6) is 0. The normalized spacial score (nSPS) is 10.7. The fraction of sp³-hybridized carbons (Fsp3) is 0.182. The van der Waals surface area contributed by atoms with E-state index >= 15 is 0 Å². The molecule has 5 heteroatoms. The topological polar surface area (TPSA) is 29.9 Å². The molecule has 16 heavy (non-hydrogen) atoms. The Morgan fingerprint density at radius 3 is 2.75 bits per heavy atom. The first kappa shape index (κ1) is 11.5. The lowest BCUT2D eigenvalue weighted by atomic mass is 10.2. The molecule has 1 aromatic heterocycles. The Morgan fingerprint density at radius 1 is 1.31 bits per heavy atom. The fourth-order valence-corrected chi connectivity index (χ4v) is 1.83. The highest BCUT2D eigenvalue weighted by atomic mass is 35.5. The molecule has 0 saturated heterocycles. The monoisotopic (exact) mass is 255 g/mol. The third kappa shape index (κ3) is 2.38. The van der Waals surface area contributed by atoms with Crippen LogP contribution in [-0.4, -0.2) is 16.8 Å². The van der Waals surface area contributed by atoms with E-state index in [4.69, 9.17) is 23.2 Å². The summed E-state index contributed by atoms with van der Waals surface area (Å²) in [6.45, 7) is 0.754. The van der Waals surface area contributed by atoms with E-state index in [1.807, 2.05) is 25.2 Å². The number of aromatic nitrogens is 2. The molecular weight excluding hydrogens is 245 g/mol. The molecule has 0 fully saturated rings. The smallest absolute Gasteiger partial charge is 0.0790 e. The van der Waals surface area contributed by atoms with Crippen LogP contribution in [0.5, 0.6) is 0 Å². The summed E-state index contributed by atoms with van der Waals surface area (Å²) in [6.07, 6.45) is 3.36. The highest BCUT2D eigenvalue weighted by molar-refractivity contribution is 6.31. The second-order valence-electron chi connectivity index (χ2n) is 3.41. The van der Waals surface area contributed by atoms with Crippen LogP contribution in [0.1, 0.15) is 5.56 Å². The van der Waals surface area contributed by atoms with E-state index in [0.717, 1.165) is 17.8 Å². The van der Waals surface area contributed by atoms with Crippen LogP contribution in [0.15, 0.2) is 30.6 Å². The molecule has 2 aromatic rings. The zero-order valence-corrected chi connectivity index (χ0v) is 10.3. The molecule has 0 unspecified atom stereocenters. The molecule has 1 aromatic carbocycles. The minimum absolute atomic E-state index is 0.607. The molecule has 0 aliphatic rings. The number of nitrogens with zero attached hydrogens (tertiary/aromatic N) is 2. The molecule has 1 heterocycles. The lowest BCUT2D eigenvalue weighted by Crippen LogP contribution is -2.09. The van der Waals surface area contributed by atoms with Crippen molar-refractivity contribution in [1.82, 2.24) is 15.1 Å². The van der Waals surface area contributed by atoms with Gasteiger partial charge in [0.1, 0.15) is 0 Å². The Bertz CT molecular complexity index is 494. The number of nitrogens with one attached hydrogen (secondary N) is 1. The van der Waals surface area contributed by atoms with Gasteiger partial charge in [-0.1, -0.05) is 29.3 Å². The Labute approximate surface area is 104 Å². The molecule has 0 aliphatic heterocycles. The fourth-order valence-electron chi connectivity index (χ4n) is 1.52. The zero-order valence-electron chi connectivity index (χ0n) is 8.74. The first-order valence-electron chi connectivity index (χ1n) is 4.84. The quantitative estimate of drug-likeness (QED) is 0.915. The number of halogens is 2. The number of hydrogen-bond donors (Lipinski definition) is 1. The van der Waals surface area contributed by atoms with Gasteiger partial charge < -0.3 is 5.32 Å². The van der Waals surface area contributed by atoms with Crippen molar-refractivity contribution >= 4 is 23.2 Å². The highest BCUT2D eigenvalue weighted by Crippen LogP contribution is 2.20. The van der Waals surface area contributed by atoms with E-state index in [-0.39, 0.29) is 0 Å². The second kappa shape index (κ2) is 4.87. The average molecular weight is 256 g/mol. The third-order valence-electron chi connectivity index (χ3n) is 2.21. The van der Waals surface area contributed by atoms with Crippen LogP contribution < -0.4 is 5.32 Å². The van der Waals surface area contributed by atoms with Gasteiger partial charge in [0.25, 0.3) is 0 Å². The van der Waals surface area contributed by atoms with Gasteiger partial charge in [-0.05, 0) is 24.7 Å². The van der Waals surface area contributed by atoms with Crippen molar-refractivity contribution in [3.63, 3.8) is 0 Å². The molecule has 2 rings (SSSR count). The van der Waals surface area contributed by atoms with Crippen LogP contribution in [0.2, 0.25) is 10.0 Å². The van der Waals surface area contributed by atoms with E-state index < -0.39 is 0 Å². The van der Waals surface area contributed by atoms with Crippen molar-refractivity contribution in [2.24, 2.45) is 0 Å². The van der Waals surface area contributed by atoms with Crippen molar-refractivity contribution < 1.29 is 0 Å². The van der Waals surface area contributed by atoms with Crippen LogP contribution in [0.25, 0.3) is 5.69 Å². The Balaban J connectivity index is 2.48. The van der Waals surface area contributed by atoms with Crippen LogP contribution >= 0.6 is 23.2 Å².